The highest BCUT2D eigenvalue weighted by Gasteiger charge is 2.29. The van der Waals surface area contributed by atoms with Crippen LogP contribution in [0.2, 0.25) is 0 Å². The molecule has 2 heterocycles. The number of rotatable bonds is 11. The van der Waals surface area contributed by atoms with E-state index >= 15 is 0 Å². The molecule has 0 aliphatic carbocycles. The monoisotopic (exact) mass is 508 g/mol. The van der Waals surface area contributed by atoms with E-state index in [1.807, 2.05) is 0 Å². The van der Waals surface area contributed by atoms with Gasteiger partial charge < -0.3 is 14.8 Å². The molecular weight excluding hydrogens is 476 g/mol. The summed E-state index contributed by atoms with van der Waals surface area (Å²) in [5, 5.41) is 3.33. The van der Waals surface area contributed by atoms with Crippen molar-refractivity contribution in [3.63, 3.8) is 0 Å². The van der Waals surface area contributed by atoms with E-state index in [1.54, 1.807) is 19.1 Å². The number of amides is 1. The Morgan fingerprint density at radius 3 is 2.56 bits per heavy atom. The van der Waals surface area contributed by atoms with Gasteiger partial charge in [0.2, 0.25) is 5.91 Å². The van der Waals surface area contributed by atoms with Gasteiger partial charge in [0, 0.05) is 24.4 Å². The molecule has 3 rings (SSSR count). The number of thiophene rings is 1. The summed E-state index contributed by atoms with van der Waals surface area (Å²) in [6.07, 6.45) is 1.98. The van der Waals surface area contributed by atoms with E-state index in [2.05, 4.69) is 17.1 Å². The number of methoxy groups -OCH3 is 1. The van der Waals surface area contributed by atoms with Crippen LogP contribution in [0.1, 0.15) is 53.9 Å². The Balaban J connectivity index is 1.66. The average molecular weight is 509 g/mol. The van der Waals surface area contributed by atoms with Crippen LogP contribution in [0.15, 0.2) is 29.2 Å². The predicted octanol–water partition coefficient (Wildman–Crippen LogP) is 3.89. The second kappa shape index (κ2) is 11.8. The number of hydrogen-bond acceptors (Lipinski definition) is 8. The molecule has 2 aromatic rings. The Morgan fingerprint density at radius 1 is 1.18 bits per heavy atom. The third kappa shape index (κ3) is 6.37. The topological polar surface area (TPSA) is 102 Å². The van der Waals surface area contributed by atoms with Crippen LogP contribution in [-0.4, -0.2) is 57.8 Å². The molecule has 0 spiro atoms. The van der Waals surface area contributed by atoms with Crippen LogP contribution >= 0.6 is 11.3 Å². The smallest absolute Gasteiger partial charge is 0.341 e. The molecule has 0 saturated heterocycles. The van der Waals surface area contributed by atoms with E-state index < -0.39 is 15.8 Å². The molecule has 10 heteroatoms. The van der Waals surface area contributed by atoms with Crippen molar-refractivity contribution in [3.8, 4) is 5.75 Å². The van der Waals surface area contributed by atoms with E-state index in [0.29, 0.717) is 16.3 Å². The summed E-state index contributed by atoms with van der Waals surface area (Å²) in [6, 6.07) is 6.18. The summed E-state index contributed by atoms with van der Waals surface area (Å²) in [5.74, 6) is -0.322. The van der Waals surface area contributed by atoms with Gasteiger partial charge in [-0.3, -0.25) is 9.69 Å². The number of hydrogen-bond donors (Lipinski definition) is 1. The van der Waals surface area contributed by atoms with Crippen LogP contribution in [0.5, 0.6) is 5.75 Å². The molecule has 1 aliphatic rings. The Labute approximate surface area is 205 Å². The maximum atomic E-state index is 12.7. The number of ether oxygens (including phenoxy) is 2. The lowest BCUT2D eigenvalue weighted by Crippen LogP contribution is -2.30. The van der Waals surface area contributed by atoms with Crippen LogP contribution in [0.4, 0.5) is 5.00 Å². The van der Waals surface area contributed by atoms with E-state index in [0.717, 1.165) is 42.9 Å². The van der Waals surface area contributed by atoms with Crippen LogP contribution in [-0.2, 0) is 32.3 Å². The Hall–Kier alpha value is -2.43. The quantitative estimate of drug-likeness (QED) is 0.459. The molecule has 34 heavy (non-hydrogen) atoms. The van der Waals surface area contributed by atoms with Crippen molar-refractivity contribution >= 4 is 38.1 Å². The standard InChI is InChI=1S/C24H32N2O6S2/c1-4-13-26-14-12-19-20(16-26)33-23(22(19)24(28)32-5-2)25-21(27)7-6-15-34(29,30)18-10-8-17(31-3)9-11-18/h8-11H,4-7,12-16H2,1-3H3,(H,25,27). The van der Waals surface area contributed by atoms with Crippen molar-refractivity contribution in [2.45, 2.75) is 51.0 Å². The fourth-order valence-electron chi connectivity index (χ4n) is 3.98. The van der Waals surface area contributed by atoms with Crippen LogP contribution in [0, 0.1) is 0 Å². The first-order valence-electron chi connectivity index (χ1n) is 11.5. The lowest BCUT2D eigenvalue weighted by Gasteiger charge is -2.26. The maximum Gasteiger partial charge on any atom is 0.341 e. The average Bonchev–Trinajstić information content (AvgIpc) is 3.16. The van der Waals surface area contributed by atoms with Crippen molar-refractivity contribution in [1.82, 2.24) is 4.90 Å². The molecule has 1 aliphatic heterocycles. The molecule has 8 nitrogen and oxygen atoms in total. The second-order valence-corrected chi connectivity index (χ2v) is 11.3. The molecule has 186 valence electrons. The molecule has 0 radical (unpaired) electrons. The molecule has 0 bridgehead atoms. The van der Waals surface area contributed by atoms with E-state index in [4.69, 9.17) is 9.47 Å². The molecule has 0 unspecified atom stereocenters. The maximum absolute atomic E-state index is 12.7. The molecule has 1 aromatic carbocycles. The zero-order valence-electron chi connectivity index (χ0n) is 19.9. The van der Waals surface area contributed by atoms with Gasteiger partial charge in [0.05, 0.1) is 29.9 Å². The fraction of sp³-hybridized carbons (Fsp3) is 0.500. The summed E-state index contributed by atoms with van der Waals surface area (Å²) in [7, 11) is -1.99. The van der Waals surface area contributed by atoms with Crippen LogP contribution < -0.4 is 10.1 Å². The lowest BCUT2D eigenvalue weighted by molar-refractivity contribution is -0.116. The minimum absolute atomic E-state index is 0.0299. The number of nitrogens with one attached hydrogen (secondary N) is 1. The highest BCUT2D eigenvalue weighted by atomic mass is 32.2. The predicted molar refractivity (Wildman–Crippen MR) is 132 cm³/mol. The summed E-state index contributed by atoms with van der Waals surface area (Å²) >= 11 is 1.41. The zero-order valence-corrected chi connectivity index (χ0v) is 21.5. The molecule has 1 amide bonds. The highest BCUT2D eigenvalue weighted by molar-refractivity contribution is 7.91. The van der Waals surface area contributed by atoms with E-state index in [1.165, 1.54) is 30.6 Å². The Kier molecular flexibility index (Phi) is 9.10. The molecular formula is C24H32N2O6S2. The molecule has 1 aromatic heterocycles. The van der Waals surface area contributed by atoms with Gasteiger partial charge in [-0.1, -0.05) is 6.92 Å². The first-order valence-corrected chi connectivity index (χ1v) is 14.0. The zero-order chi connectivity index (χ0) is 24.7. The van der Waals surface area contributed by atoms with Crippen LogP contribution in [0.25, 0.3) is 0 Å². The van der Waals surface area contributed by atoms with E-state index in [9.17, 15) is 18.0 Å². The Bertz CT molecular complexity index is 1110. The Morgan fingerprint density at radius 2 is 1.91 bits per heavy atom. The van der Waals surface area contributed by atoms with Gasteiger partial charge in [0.25, 0.3) is 0 Å². The van der Waals surface area contributed by atoms with Gasteiger partial charge >= 0.3 is 5.97 Å². The van der Waals surface area contributed by atoms with Gasteiger partial charge in [0.1, 0.15) is 10.8 Å². The summed E-state index contributed by atoms with van der Waals surface area (Å²) in [6.45, 7) is 6.73. The van der Waals surface area contributed by atoms with Crippen molar-refractivity contribution in [2.24, 2.45) is 0 Å². The van der Waals surface area contributed by atoms with Gasteiger partial charge in [0.15, 0.2) is 9.84 Å². The second-order valence-electron chi connectivity index (χ2n) is 8.10. The number of anilines is 1. The molecule has 0 atom stereocenters. The largest absolute Gasteiger partial charge is 0.497 e. The summed E-state index contributed by atoms with van der Waals surface area (Å²) in [4.78, 5) is 28.9. The first kappa shape index (κ1) is 26.2. The molecule has 1 N–H and O–H groups in total. The van der Waals surface area contributed by atoms with Crippen molar-refractivity contribution < 1.29 is 27.5 Å². The van der Waals surface area contributed by atoms with Crippen molar-refractivity contribution in [3.05, 3.63) is 40.3 Å². The van der Waals surface area contributed by atoms with E-state index in [-0.39, 0.29) is 36.0 Å². The fourth-order valence-corrected chi connectivity index (χ4v) is 6.59. The molecule has 0 fully saturated rings. The highest BCUT2D eigenvalue weighted by Crippen LogP contribution is 2.38. The number of carbonyl (C=O) groups excluding carboxylic acids is 2. The number of nitrogens with zero attached hydrogens (tertiary/aromatic N) is 1. The third-order valence-corrected chi connectivity index (χ3v) is 8.59. The number of sulfone groups is 1. The van der Waals surface area contributed by atoms with Crippen molar-refractivity contribution in [2.75, 3.05) is 37.9 Å². The third-order valence-electron chi connectivity index (χ3n) is 5.64. The number of carbonyl (C=O) groups is 2. The van der Waals surface area contributed by atoms with Gasteiger partial charge in [-0.25, -0.2) is 13.2 Å². The minimum atomic E-state index is -3.51. The van der Waals surface area contributed by atoms with Gasteiger partial charge in [-0.05, 0) is 62.6 Å². The first-order chi connectivity index (χ1) is 16.3. The van der Waals surface area contributed by atoms with Gasteiger partial charge in [-0.15, -0.1) is 11.3 Å². The number of esters is 1. The summed E-state index contributed by atoms with van der Waals surface area (Å²) < 4.78 is 35.4. The minimum Gasteiger partial charge on any atom is -0.497 e. The molecule has 0 saturated carbocycles. The summed E-state index contributed by atoms with van der Waals surface area (Å²) in [5.41, 5.74) is 1.39. The van der Waals surface area contributed by atoms with Crippen LogP contribution in [0.3, 0.4) is 0 Å². The van der Waals surface area contributed by atoms with Gasteiger partial charge in [-0.2, -0.15) is 0 Å². The lowest BCUT2D eigenvalue weighted by atomic mass is 10.0. The SMILES string of the molecule is CCCN1CCc2c(sc(NC(=O)CCCS(=O)(=O)c3ccc(OC)cc3)c2C(=O)OCC)C1. The number of benzene rings is 1. The normalized spacial score (nSPS) is 13.9. The number of fused-ring (bicyclic) bond motifs is 1. The van der Waals surface area contributed by atoms with Crippen molar-refractivity contribution in [1.29, 1.82) is 0 Å².